The molecule has 1 aromatic rings. The zero-order valence-electron chi connectivity index (χ0n) is 10.3. The molecule has 0 heterocycles. The SMILES string of the molecule is CC(C)NC(=O)COc1ccc(S(=O)(=O)Cl)cc1Br. The average molecular weight is 371 g/mol. The third-order valence-electron chi connectivity index (χ3n) is 1.99. The lowest BCUT2D eigenvalue weighted by atomic mass is 10.3. The van der Waals surface area contributed by atoms with Crippen molar-refractivity contribution < 1.29 is 17.9 Å². The van der Waals surface area contributed by atoms with Crippen LogP contribution < -0.4 is 10.1 Å². The largest absolute Gasteiger partial charge is 0.483 e. The summed E-state index contributed by atoms with van der Waals surface area (Å²) in [6.07, 6.45) is 0. The van der Waals surface area contributed by atoms with Gasteiger partial charge in [0.15, 0.2) is 6.61 Å². The fourth-order valence-electron chi connectivity index (χ4n) is 1.26. The van der Waals surface area contributed by atoms with E-state index in [1.807, 2.05) is 13.8 Å². The van der Waals surface area contributed by atoms with Gasteiger partial charge in [0.2, 0.25) is 0 Å². The Morgan fingerprint density at radius 1 is 1.47 bits per heavy atom. The van der Waals surface area contributed by atoms with Crippen molar-refractivity contribution >= 4 is 41.6 Å². The first-order chi connectivity index (χ1) is 8.70. The van der Waals surface area contributed by atoms with Gasteiger partial charge in [-0.25, -0.2) is 8.42 Å². The Morgan fingerprint density at radius 2 is 2.11 bits per heavy atom. The summed E-state index contributed by atoms with van der Waals surface area (Å²) >= 11 is 3.16. The Labute approximate surface area is 124 Å². The number of carbonyl (C=O) groups excluding carboxylic acids is 1. The molecule has 0 saturated carbocycles. The summed E-state index contributed by atoms with van der Waals surface area (Å²) in [6, 6.07) is 4.09. The number of ether oxygens (including phenoxy) is 1. The van der Waals surface area contributed by atoms with Gasteiger partial charge < -0.3 is 10.1 Å². The lowest BCUT2D eigenvalue weighted by molar-refractivity contribution is -0.123. The molecule has 1 rings (SSSR count). The van der Waals surface area contributed by atoms with Gasteiger partial charge in [0.25, 0.3) is 15.0 Å². The monoisotopic (exact) mass is 369 g/mol. The first-order valence-electron chi connectivity index (χ1n) is 5.36. The molecule has 1 N–H and O–H groups in total. The van der Waals surface area contributed by atoms with Gasteiger partial charge in [-0.3, -0.25) is 4.79 Å². The van der Waals surface area contributed by atoms with E-state index in [-0.39, 0.29) is 23.5 Å². The maximum absolute atomic E-state index is 11.4. The highest BCUT2D eigenvalue weighted by molar-refractivity contribution is 9.10. The van der Waals surface area contributed by atoms with Crippen molar-refractivity contribution in [2.75, 3.05) is 6.61 Å². The van der Waals surface area contributed by atoms with Crippen molar-refractivity contribution in [2.45, 2.75) is 24.8 Å². The second-order valence-corrected chi connectivity index (χ2v) is 7.46. The van der Waals surface area contributed by atoms with Crippen molar-refractivity contribution in [3.05, 3.63) is 22.7 Å². The molecule has 0 saturated heterocycles. The van der Waals surface area contributed by atoms with Crippen LogP contribution in [-0.2, 0) is 13.8 Å². The van der Waals surface area contributed by atoms with Crippen LogP contribution in [0, 0.1) is 0 Å². The van der Waals surface area contributed by atoms with Crippen molar-refractivity contribution in [3.8, 4) is 5.75 Å². The number of hydrogen-bond donors (Lipinski definition) is 1. The predicted molar refractivity (Wildman–Crippen MR) is 76.0 cm³/mol. The highest BCUT2D eigenvalue weighted by Gasteiger charge is 2.13. The van der Waals surface area contributed by atoms with Gasteiger partial charge in [-0.2, -0.15) is 0 Å². The summed E-state index contributed by atoms with van der Waals surface area (Å²) in [7, 11) is 1.43. The van der Waals surface area contributed by atoms with Crippen molar-refractivity contribution in [1.29, 1.82) is 0 Å². The number of carbonyl (C=O) groups is 1. The molecule has 5 nitrogen and oxygen atoms in total. The number of hydrogen-bond acceptors (Lipinski definition) is 4. The first-order valence-corrected chi connectivity index (χ1v) is 8.46. The Morgan fingerprint density at radius 3 is 2.58 bits per heavy atom. The summed E-state index contributed by atoms with van der Waals surface area (Å²) in [6.45, 7) is 3.53. The van der Waals surface area contributed by atoms with Gasteiger partial charge in [0, 0.05) is 16.7 Å². The standard InChI is InChI=1S/C11H13BrClNO4S/c1-7(2)14-11(15)6-18-10-4-3-8(5-9(10)12)19(13,16)17/h3-5,7H,6H2,1-2H3,(H,14,15). The summed E-state index contributed by atoms with van der Waals surface area (Å²) in [5.74, 6) is 0.110. The fraction of sp³-hybridized carbons (Fsp3) is 0.364. The Balaban J connectivity index is 2.74. The van der Waals surface area contributed by atoms with Crippen LogP contribution in [0.5, 0.6) is 5.75 Å². The minimum atomic E-state index is -3.78. The van der Waals surface area contributed by atoms with Crippen molar-refractivity contribution in [1.82, 2.24) is 5.32 Å². The second-order valence-electron chi connectivity index (χ2n) is 4.04. The summed E-state index contributed by atoms with van der Waals surface area (Å²) < 4.78 is 27.9. The molecule has 0 spiro atoms. The fourth-order valence-corrected chi connectivity index (χ4v) is 2.68. The molecule has 0 atom stereocenters. The lowest BCUT2D eigenvalue weighted by Crippen LogP contribution is -2.34. The molecule has 8 heteroatoms. The van der Waals surface area contributed by atoms with Crippen LogP contribution in [0.1, 0.15) is 13.8 Å². The Kier molecular flexibility index (Phi) is 5.64. The van der Waals surface area contributed by atoms with E-state index < -0.39 is 9.05 Å². The molecular weight excluding hydrogens is 358 g/mol. The highest BCUT2D eigenvalue weighted by Crippen LogP contribution is 2.29. The summed E-state index contributed by atoms with van der Waals surface area (Å²) in [5.41, 5.74) is 0. The van der Waals surface area contributed by atoms with Gasteiger partial charge in [0.05, 0.1) is 9.37 Å². The number of benzene rings is 1. The number of halogens is 2. The molecule has 1 amide bonds. The normalized spacial score (nSPS) is 11.4. The van der Waals surface area contributed by atoms with Gasteiger partial charge >= 0.3 is 0 Å². The molecule has 0 aromatic heterocycles. The van der Waals surface area contributed by atoms with Crippen LogP contribution in [0.25, 0.3) is 0 Å². The highest BCUT2D eigenvalue weighted by atomic mass is 79.9. The molecule has 1 aromatic carbocycles. The molecule has 0 bridgehead atoms. The number of amides is 1. The van der Waals surface area contributed by atoms with Crippen LogP contribution >= 0.6 is 26.6 Å². The topological polar surface area (TPSA) is 72.5 Å². The van der Waals surface area contributed by atoms with Gasteiger partial charge in [-0.05, 0) is 48.0 Å². The van der Waals surface area contributed by atoms with E-state index in [0.29, 0.717) is 10.2 Å². The molecule has 0 aliphatic rings. The van der Waals surface area contributed by atoms with E-state index in [9.17, 15) is 13.2 Å². The number of rotatable bonds is 5. The molecule has 0 unspecified atom stereocenters. The third kappa shape index (κ3) is 5.38. The van der Waals surface area contributed by atoms with Crippen LogP contribution in [0.15, 0.2) is 27.6 Å². The van der Waals surface area contributed by atoms with Gasteiger partial charge in [0.1, 0.15) is 5.75 Å². The van der Waals surface area contributed by atoms with Gasteiger partial charge in [-0.15, -0.1) is 0 Å². The number of nitrogens with one attached hydrogen (secondary N) is 1. The second kappa shape index (κ2) is 6.58. The van der Waals surface area contributed by atoms with E-state index >= 15 is 0 Å². The van der Waals surface area contributed by atoms with E-state index in [2.05, 4.69) is 21.2 Å². The Hall–Kier alpha value is -0.790. The first kappa shape index (κ1) is 16.3. The molecule has 19 heavy (non-hydrogen) atoms. The third-order valence-corrected chi connectivity index (χ3v) is 3.96. The maximum atomic E-state index is 11.4. The smallest absolute Gasteiger partial charge is 0.261 e. The van der Waals surface area contributed by atoms with Crippen LogP contribution in [0.4, 0.5) is 0 Å². The summed E-state index contributed by atoms with van der Waals surface area (Å²) in [5, 5.41) is 2.67. The molecule has 0 aliphatic carbocycles. The summed E-state index contributed by atoms with van der Waals surface area (Å²) in [4.78, 5) is 11.4. The predicted octanol–water partition coefficient (Wildman–Crippen LogP) is 2.28. The minimum absolute atomic E-state index is 0.0308. The zero-order chi connectivity index (χ0) is 14.6. The molecule has 0 fully saturated rings. The molecule has 0 radical (unpaired) electrons. The van der Waals surface area contributed by atoms with Gasteiger partial charge in [-0.1, -0.05) is 0 Å². The molecular formula is C11H13BrClNO4S. The van der Waals surface area contributed by atoms with Crippen LogP contribution in [0.2, 0.25) is 0 Å². The van der Waals surface area contributed by atoms with Crippen molar-refractivity contribution in [3.63, 3.8) is 0 Å². The van der Waals surface area contributed by atoms with E-state index in [1.54, 1.807) is 0 Å². The maximum Gasteiger partial charge on any atom is 0.261 e. The van der Waals surface area contributed by atoms with E-state index in [0.717, 1.165) is 0 Å². The average Bonchev–Trinajstić information content (AvgIpc) is 2.25. The Bertz CT molecular complexity index is 574. The van der Waals surface area contributed by atoms with E-state index in [4.69, 9.17) is 15.4 Å². The molecule has 106 valence electrons. The van der Waals surface area contributed by atoms with Crippen LogP contribution in [0.3, 0.4) is 0 Å². The zero-order valence-corrected chi connectivity index (χ0v) is 13.5. The van der Waals surface area contributed by atoms with E-state index in [1.165, 1.54) is 18.2 Å². The quantitative estimate of drug-likeness (QED) is 0.807. The minimum Gasteiger partial charge on any atom is -0.483 e. The van der Waals surface area contributed by atoms with Crippen molar-refractivity contribution in [2.24, 2.45) is 0 Å². The molecule has 0 aliphatic heterocycles. The lowest BCUT2D eigenvalue weighted by Gasteiger charge is -2.11. The van der Waals surface area contributed by atoms with Crippen LogP contribution in [-0.4, -0.2) is 27.0 Å².